The normalized spacial score (nSPS) is 36.7. The van der Waals surface area contributed by atoms with Gasteiger partial charge in [0.15, 0.2) is 0 Å². The van der Waals surface area contributed by atoms with E-state index in [0.717, 1.165) is 6.08 Å². The van der Waals surface area contributed by atoms with Crippen LogP contribution in [0.4, 0.5) is 0 Å². The smallest absolute Gasteiger partial charge is 0.328 e. The van der Waals surface area contributed by atoms with Crippen LogP contribution in [-0.4, -0.2) is 68.6 Å². The quantitative estimate of drug-likeness (QED) is 0.406. The summed E-state index contributed by atoms with van der Waals surface area (Å²) in [5, 5.41) is 47.4. The SMILES string of the molecule is CCC(/C(C)=C/C(=O)O)[C@@H]1O[C@H](CO)[C@H](O)[C@H](O)[C@@H]1O. The highest BCUT2D eigenvalue weighted by molar-refractivity contribution is 5.80. The summed E-state index contributed by atoms with van der Waals surface area (Å²) in [5.41, 5.74) is 0.490. The lowest BCUT2D eigenvalue weighted by Gasteiger charge is -2.43. The van der Waals surface area contributed by atoms with Gasteiger partial charge in [-0.05, 0) is 13.3 Å². The Hall–Kier alpha value is -0.990. The molecule has 1 rings (SSSR count). The molecule has 1 aliphatic rings. The molecule has 0 aliphatic carbocycles. The number of hydrogen-bond donors (Lipinski definition) is 5. The van der Waals surface area contributed by atoms with Gasteiger partial charge in [-0.3, -0.25) is 0 Å². The number of carbonyl (C=O) groups is 1. The molecule has 116 valence electrons. The van der Waals surface area contributed by atoms with E-state index < -0.39 is 49.0 Å². The van der Waals surface area contributed by atoms with E-state index in [4.69, 9.17) is 14.9 Å². The molecule has 7 nitrogen and oxygen atoms in total. The van der Waals surface area contributed by atoms with E-state index in [-0.39, 0.29) is 0 Å². The van der Waals surface area contributed by atoms with Crippen molar-refractivity contribution in [3.8, 4) is 0 Å². The Kier molecular flexibility index (Phi) is 6.09. The van der Waals surface area contributed by atoms with Crippen LogP contribution < -0.4 is 0 Å². The zero-order valence-electron chi connectivity index (χ0n) is 11.5. The molecule has 0 bridgehead atoms. The Morgan fingerprint density at radius 2 is 1.85 bits per heavy atom. The number of aliphatic hydroxyl groups is 4. The highest BCUT2D eigenvalue weighted by atomic mass is 16.5. The molecule has 0 spiro atoms. The number of aliphatic hydroxyl groups excluding tert-OH is 4. The van der Waals surface area contributed by atoms with E-state index in [1.54, 1.807) is 13.8 Å². The van der Waals surface area contributed by atoms with Crippen molar-refractivity contribution < 1.29 is 35.1 Å². The van der Waals surface area contributed by atoms with Crippen molar-refractivity contribution in [2.24, 2.45) is 5.92 Å². The van der Waals surface area contributed by atoms with Gasteiger partial charge in [0.1, 0.15) is 24.4 Å². The largest absolute Gasteiger partial charge is 0.478 e. The topological polar surface area (TPSA) is 127 Å². The standard InChI is InChI=1S/C13H22O7/c1-3-7(6(2)4-9(15)16)13-12(19)11(18)10(17)8(5-14)20-13/h4,7-8,10-14,17-19H,3,5H2,1-2H3,(H,15,16)/b6-4+/t7?,8-,10+,11+,12+,13+/m1/s1. The second kappa shape index (κ2) is 7.14. The van der Waals surface area contributed by atoms with Gasteiger partial charge in [0.05, 0.1) is 12.7 Å². The minimum absolute atomic E-state index is 0.433. The average Bonchev–Trinajstić information content (AvgIpc) is 2.38. The molecule has 1 fully saturated rings. The average molecular weight is 290 g/mol. The number of rotatable bonds is 5. The van der Waals surface area contributed by atoms with Crippen LogP contribution in [0.2, 0.25) is 0 Å². The Labute approximate surface area is 117 Å². The molecular weight excluding hydrogens is 268 g/mol. The first kappa shape index (κ1) is 17.1. The summed E-state index contributed by atoms with van der Waals surface area (Å²) in [6.07, 6.45) is -4.57. The van der Waals surface area contributed by atoms with Crippen molar-refractivity contribution in [3.05, 3.63) is 11.6 Å². The molecule has 1 unspecified atom stereocenters. The molecule has 1 aliphatic heterocycles. The van der Waals surface area contributed by atoms with Gasteiger partial charge in [0.2, 0.25) is 0 Å². The van der Waals surface area contributed by atoms with Gasteiger partial charge < -0.3 is 30.3 Å². The van der Waals surface area contributed by atoms with Gasteiger partial charge in [-0.1, -0.05) is 12.5 Å². The summed E-state index contributed by atoms with van der Waals surface area (Å²) in [4.78, 5) is 10.7. The Morgan fingerprint density at radius 1 is 1.25 bits per heavy atom. The van der Waals surface area contributed by atoms with Crippen LogP contribution in [0.1, 0.15) is 20.3 Å². The van der Waals surface area contributed by atoms with E-state index in [9.17, 15) is 20.1 Å². The molecule has 20 heavy (non-hydrogen) atoms. The molecule has 6 atom stereocenters. The summed E-state index contributed by atoms with van der Waals surface area (Å²) >= 11 is 0. The molecule has 0 radical (unpaired) electrons. The van der Waals surface area contributed by atoms with Crippen molar-refractivity contribution in [1.82, 2.24) is 0 Å². The maximum Gasteiger partial charge on any atom is 0.328 e. The number of aliphatic carboxylic acids is 1. The third-order valence-corrected chi connectivity index (χ3v) is 3.70. The van der Waals surface area contributed by atoms with Crippen molar-refractivity contribution in [2.75, 3.05) is 6.61 Å². The van der Waals surface area contributed by atoms with Crippen LogP contribution >= 0.6 is 0 Å². The third kappa shape index (κ3) is 3.56. The lowest BCUT2D eigenvalue weighted by molar-refractivity contribution is -0.238. The summed E-state index contributed by atoms with van der Waals surface area (Å²) < 4.78 is 5.44. The van der Waals surface area contributed by atoms with Crippen LogP contribution in [0.3, 0.4) is 0 Å². The van der Waals surface area contributed by atoms with Gasteiger partial charge >= 0.3 is 5.97 Å². The predicted molar refractivity (Wildman–Crippen MR) is 68.9 cm³/mol. The second-order valence-corrected chi connectivity index (χ2v) is 5.03. The van der Waals surface area contributed by atoms with Gasteiger partial charge in [0.25, 0.3) is 0 Å². The van der Waals surface area contributed by atoms with Crippen LogP contribution in [0.15, 0.2) is 11.6 Å². The lowest BCUT2D eigenvalue weighted by atomic mass is 9.83. The monoisotopic (exact) mass is 290 g/mol. The first-order valence-electron chi connectivity index (χ1n) is 6.55. The molecule has 0 aromatic carbocycles. The summed E-state index contributed by atoms with van der Waals surface area (Å²) in [7, 11) is 0. The minimum atomic E-state index is -1.45. The van der Waals surface area contributed by atoms with Crippen LogP contribution in [0.25, 0.3) is 0 Å². The first-order valence-corrected chi connectivity index (χ1v) is 6.55. The summed E-state index contributed by atoms with van der Waals surface area (Å²) in [6, 6.07) is 0. The third-order valence-electron chi connectivity index (χ3n) is 3.70. The van der Waals surface area contributed by atoms with Crippen LogP contribution in [0, 0.1) is 5.92 Å². The minimum Gasteiger partial charge on any atom is -0.478 e. The molecular formula is C13H22O7. The molecule has 0 aromatic rings. The highest BCUT2D eigenvalue weighted by Gasteiger charge is 2.46. The van der Waals surface area contributed by atoms with E-state index >= 15 is 0 Å². The number of ether oxygens (including phenoxy) is 1. The summed E-state index contributed by atoms with van der Waals surface area (Å²) in [5.74, 6) is -1.54. The van der Waals surface area contributed by atoms with Crippen molar-refractivity contribution in [3.63, 3.8) is 0 Å². The summed E-state index contributed by atoms with van der Waals surface area (Å²) in [6.45, 7) is 2.90. The fraction of sp³-hybridized carbons (Fsp3) is 0.769. The molecule has 0 aromatic heterocycles. The van der Waals surface area contributed by atoms with Crippen LogP contribution in [0.5, 0.6) is 0 Å². The van der Waals surface area contributed by atoms with E-state index in [2.05, 4.69) is 0 Å². The molecule has 0 saturated carbocycles. The van der Waals surface area contributed by atoms with E-state index in [1.807, 2.05) is 0 Å². The van der Waals surface area contributed by atoms with Gasteiger partial charge in [-0.2, -0.15) is 0 Å². The van der Waals surface area contributed by atoms with E-state index in [1.165, 1.54) is 0 Å². The van der Waals surface area contributed by atoms with Crippen molar-refractivity contribution >= 4 is 5.97 Å². The lowest BCUT2D eigenvalue weighted by Crippen LogP contribution is -2.60. The Balaban J connectivity index is 2.98. The predicted octanol–water partition coefficient (Wildman–Crippen LogP) is -1.11. The molecule has 7 heteroatoms. The van der Waals surface area contributed by atoms with Gasteiger partial charge in [0, 0.05) is 12.0 Å². The Bertz CT molecular complexity index is 366. The zero-order valence-corrected chi connectivity index (χ0v) is 11.5. The fourth-order valence-electron chi connectivity index (χ4n) is 2.58. The van der Waals surface area contributed by atoms with Crippen molar-refractivity contribution in [2.45, 2.75) is 50.8 Å². The maximum absolute atomic E-state index is 10.7. The highest BCUT2D eigenvalue weighted by Crippen LogP contribution is 2.31. The van der Waals surface area contributed by atoms with E-state index in [0.29, 0.717) is 12.0 Å². The van der Waals surface area contributed by atoms with Crippen molar-refractivity contribution in [1.29, 1.82) is 0 Å². The maximum atomic E-state index is 10.7. The van der Waals surface area contributed by atoms with Gasteiger partial charge in [-0.15, -0.1) is 0 Å². The first-order chi connectivity index (χ1) is 9.33. The zero-order chi connectivity index (χ0) is 15.4. The number of hydrogen-bond acceptors (Lipinski definition) is 6. The molecule has 1 heterocycles. The number of carboxylic acids is 1. The fourth-order valence-corrected chi connectivity index (χ4v) is 2.58. The van der Waals surface area contributed by atoms with Gasteiger partial charge in [-0.25, -0.2) is 4.79 Å². The molecule has 0 amide bonds. The molecule has 5 N–H and O–H groups in total. The Morgan fingerprint density at radius 3 is 2.30 bits per heavy atom. The second-order valence-electron chi connectivity index (χ2n) is 5.03. The number of carboxylic acid groups (broad SMARTS) is 1. The molecule has 1 saturated heterocycles. The van der Waals surface area contributed by atoms with Crippen LogP contribution in [-0.2, 0) is 9.53 Å².